The van der Waals surface area contributed by atoms with E-state index >= 15 is 0 Å². The van der Waals surface area contributed by atoms with E-state index in [1.807, 2.05) is 13.8 Å². The average molecular weight is 335 g/mol. The van der Waals surface area contributed by atoms with Gasteiger partial charge in [0.05, 0.1) is 11.3 Å². The molecule has 2 heterocycles. The lowest BCUT2D eigenvalue weighted by Crippen LogP contribution is -2.37. The zero-order valence-corrected chi connectivity index (χ0v) is 13.6. The average Bonchev–Trinajstić information content (AvgIpc) is 3.09. The molecular weight excluding hydrogens is 316 g/mol. The van der Waals surface area contributed by atoms with Crippen LogP contribution in [0.25, 0.3) is 0 Å². The summed E-state index contributed by atoms with van der Waals surface area (Å²) in [6.45, 7) is 5.97. The van der Waals surface area contributed by atoms with Crippen LogP contribution in [0.2, 0.25) is 0 Å². The van der Waals surface area contributed by atoms with Crippen LogP contribution in [0, 0.1) is 25.5 Å². The summed E-state index contributed by atoms with van der Waals surface area (Å²) < 4.78 is 31.7. The lowest BCUT2D eigenvalue weighted by atomic mass is 10.1. The lowest BCUT2D eigenvalue weighted by Gasteiger charge is -2.16. The van der Waals surface area contributed by atoms with Crippen molar-refractivity contribution in [1.82, 2.24) is 15.4 Å². The fourth-order valence-corrected chi connectivity index (χ4v) is 2.98. The molecule has 7 heteroatoms. The molecule has 5 nitrogen and oxygen atoms in total. The van der Waals surface area contributed by atoms with E-state index in [-0.39, 0.29) is 11.6 Å². The lowest BCUT2D eigenvalue weighted by molar-refractivity contribution is 0.0933. The molecule has 1 atom stereocenters. The van der Waals surface area contributed by atoms with E-state index < -0.39 is 17.5 Å². The van der Waals surface area contributed by atoms with Crippen LogP contribution in [0.15, 0.2) is 22.7 Å². The number of hydrogen-bond acceptors (Lipinski definition) is 4. The molecule has 24 heavy (non-hydrogen) atoms. The van der Waals surface area contributed by atoms with Crippen molar-refractivity contribution in [1.29, 1.82) is 0 Å². The summed E-state index contributed by atoms with van der Waals surface area (Å²) in [4.78, 5) is 14.3. The summed E-state index contributed by atoms with van der Waals surface area (Å²) in [6, 6.07) is 2.89. The SMILES string of the molecule is Cc1noc(C)c1CN1CCC(NC(=O)c2ccc(F)cc2F)C1. The quantitative estimate of drug-likeness (QED) is 0.933. The van der Waals surface area contributed by atoms with Gasteiger partial charge in [-0.3, -0.25) is 9.69 Å². The standard InChI is InChI=1S/C17H19F2N3O2/c1-10-15(11(2)24-21-10)9-22-6-5-13(8-22)20-17(23)14-4-3-12(18)7-16(14)19/h3-4,7,13H,5-6,8-9H2,1-2H3,(H,20,23). The Balaban J connectivity index is 1.59. The number of amides is 1. The summed E-state index contributed by atoms with van der Waals surface area (Å²) in [7, 11) is 0. The molecule has 2 aromatic rings. The van der Waals surface area contributed by atoms with Crippen molar-refractivity contribution in [3.63, 3.8) is 0 Å². The van der Waals surface area contributed by atoms with Gasteiger partial charge in [0, 0.05) is 37.3 Å². The van der Waals surface area contributed by atoms with Crippen molar-refractivity contribution < 1.29 is 18.1 Å². The van der Waals surface area contributed by atoms with E-state index in [2.05, 4.69) is 15.4 Å². The molecule has 1 amide bonds. The normalized spacial score (nSPS) is 18.1. The number of nitrogens with zero attached hydrogens (tertiary/aromatic N) is 2. The Morgan fingerprint density at radius 1 is 1.42 bits per heavy atom. The van der Waals surface area contributed by atoms with Gasteiger partial charge in [-0.15, -0.1) is 0 Å². The van der Waals surface area contributed by atoms with Gasteiger partial charge in [-0.25, -0.2) is 8.78 Å². The Morgan fingerprint density at radius 2 is 2.21 bits per heavy atom. The summed E-state index contributed by atoms with van der Waals surface area (Å²) >= 11 is 0. The van der Waals surface area contributed by atoms with Crippen LogP contribution in [-0.4, -0.2) is 35.1 Å². The van der Waals surface area contributed by atoms with E-state index in [9.17, 15) is 13.6 Å². The largest absolute Gasteiger partial charge is 0.361 e. The van der Waals surface area contributed by atoms with Crippen molar-refractivity contribution in [2.24, 2.45) is 0 Å². The third-order valence-corrected chi connectivity index (χ3v) is 4.35. The molecule has 1 unspecified atom stereocenters. The molecule has 128 valence electrons. The summed E-state index contributed by atoms with van der Waals surface area (Å²) in [5, 5.41) is 6.75. The minimum Gasteiger partial charge on any atom is -0.361 e. The summed E-state index contributed by atoms with van der Waals surface area (Å²) in [5.74, 6) is -1.27. The zero-order valence-electron chi connectivity index (χ0n) is 13.6. The van der Waals surface area contributed by atoms with Crippen molar-refractivity contribution in [3.8, 4) is 0 Å². The van der Waals surface area contributed by atoms with E-state index in [1.165, 1.54) is 0 Å². The number of rotatable bonds is 4. The van der Waals surface area contributed by atoms with Gasteiger partial charge in [-0.05, 0) is 32.4 Å². The van der Waals surface area contributed by atoms with Gasteiger partial charge in [0.25, 0.3) is 5.91 Å². The van der Waals surface area contributed by atoms with Crippen molar-refractivity contribution in [2.45, 2.75) is 32.9 Å². The topological polar surface area (TPSA) is 58.4 Å². The number of carbonyl (C=O) groups excluding carboxylic acids is 1. The van der Waals surface area contributed by atoms with Crippen LogP contribution in [0.5, 0.6) is 0 Å². The van der Waals surface area contributed by atoms with Gasteiger partial charge in [0.2, 0.25) is 0 Å². The molecule has 0 spiro atoms. The van der Waals surface area contributed by atoms with Crippen LogP contribution < -0.4 is 5.32 Å². The van der Waals surface area contributed by atoms with Gasteiger partial charge < -0.3 is 9.84 Å². The first-order chi connectivity index (χ1) is 11.4. The van der Waals surface area contributed by atoms with E-state index in [4.69, 9.17) is 4.52 Å². The Labute approximate surface area is 138 Å². The highest BCUT2D eigenvalue weighted by atomic mass is 19.1. The fourth-order valence-electron chi connectivity index (χ4n) is 2.98. The van der Waals surface area contributed by atoms with Gasteiger partial charge in [-0.2, -0.15) is 0 Å². The zero-order chi connectivity index (χ0) is 17.3. The predicted octanol–water partition coefficient (Wildman–Crippen LogP) is 2.57. The van der Waals surface area contributed by atoms with E-state index in [0.29, 0.717) is 19.2 Å². The van der Waals surface area contributed by atoms with Crippen LogP contribution in [0.3, 0.4) is 0 Å². The molecule has 1 aliphatic rings. The molecule has 0 bridgehead atoms. The Hall–Kier alpha value is -2.28. The maximum atomic E-state index is 13.7. The second-order valence-electron chi connectivity index (χ2n) is 6.12. The number of likely N-dealkylation sites (tertiary alicyclic amines) is 1. The van der Waals surface area contributed by atoms with E-state index in [0.717, 1.165) is 42.1 Å². The summed E-state index contributed by atoms with van der Waals surface area (Å²) in [6.07, 6.45) is 0.776. The number of hydrogen-bond donors (Lipinski definition) is 1. The number of aryl methyl sites for hydroxylation is 2. The number of nitrogens with one attached hydrogen (secondary N) is 1. The molecule has 0 radical (unpaired) electrons. The molecule has 1 aromatic heterocycles. The number of carbonyl (C=O) groups is 1. The highest BCUT2D eigenvalue weighted by Gasteiger charge is 2.26. The first-order valence-corrected chi connectivity index (χ1v) is 7.84. The number of halogens is 2. The monoisotopic (exact) mass is 335 g/mol. The minimum absolute atomic E-state index is 0.0672. The fraction of sp³-hybridized carbons (Fsp3) is 0.412. The van der Waals surface area contributed by atoms with Crippen LogP contribution in [0.1, 0.15) is 33.8 Å². The van der Waals surface area contributed by atoms with Crippen molar-refractivity contribution >= 4 is 5.91 Å². The minimum atomic E-state index is -0.849. The van der Waals surface area contributed by atoms with Crippen molar-refractivity contribution in [3.05, 3.63) is 52.4 Å². The Kier molecular flexibility index (Phi) is 4.62. The molecule has 0 saturated carbocycles. The Morgan fingerprint density at radius 3 is 2.88 bits per heavy atom. The molecular formula is C17H19F2N3O2. The number of aromatic nitrogens is 1. The third-order valence-electron chi connectivity index (χ3n) is 4.35. The molecule has 1 aliphatic heterocycles. The molecule has 3 rings (SSSR count). The maximum absolute atomic E-state index is 13.7. The predicted molar refractivity (Wildman–Crippen MR) is 83.5 cm³/mol. The molecule has 1 N–H and O–H groups in total. The second-order valence-corrected chi connectivity index (χ2v) is 6.12. The molecule has 1 saturated heterocycles. The highest BCUT2D eigenvalue weighted by molar-refractivity contribution is 5.94. The van der Waals surface area contributed by atoms with Gasteiger partial charge in [0.15, 0.2) is 0 Å². The van der Waals surface area contributed by atoms with Gasteiger partial charge >= 0.3 is 0 Å². The first kappa shape index (κ1) is 16.6. The van der Waals surface area contributed by atoms with E-state index in [1.54, 1.807) is 0 Å². The molecule has 0 aliphatic carbocycles. The summed E-state index contributed by atoms with van der Waals surface area (Å²) in [5.41, 5.74) is 1.79. The Bertz CT molecular complexity index is 741. The smallest absolute Gasteiger partial charge is 0.254 e. The van der Waals surface area contributed by atoms with Crippen molar-refractivity contribution in [2.75, 3.05) is 13.1 Å². The maximum Gasteiger partial charge on any atom is 0.254 e. The van der Waals surface area contributed by atoms with Gasteiger partial charge in [0.1, 0.15) is 17.4 Å². The van der Waals surface area contributed by atoms with Crippen LogP contribution in [0.4, 0.5) is 8.78 Å². The molecule has 1 fully saturated rings. The molecule has 1 aromatic carbocycles. The van der Waals surface area contributed by atoms with Gasteiger partial charge in [-0.1, -0.05) is 5.16 Å². The first-order valence-electron chi connectivity index (χ1n) is 7.84. The van der Waals surface area contributed by atoms with Crippen LogP contribution in [-0.2, 0) is 6.54 Å². The van der Waals surface area contributed by atoms with Crippen LogP contribution >= 0.6 is 0 Å². The number of benzene rings is 1. The highest BCUT2D eigenvalue weighted by Crippen LogP contribution is 2.19. The third kappa shape index (κ3) is 3.46. The second kappa shape index (κ2) is 6.68.